The Kier molecular flexibility index (Phi) is 1.97. The van der Waals surface area contributed by atoms with Crippen molar-refractivity contribution in [2.75, 3.05) is 0 Å². The summed E-state index contributed by atoms with van der Waals surface area (Å²) in [6, 6.07) is 7.91. The number of para-hydroxylation sites is 2. The van der Waals surface area contributed by atoms with Crippen molar-refractivity contribution in [3.05, 3.63) is 30.6 Å². The van der Waals surface area contributed by atoms with Gasteiger partial charge < -0.3 is 4.57 Å². The third-order valence-corrected chi connectivity index (χ3v) is 3.24. The highest BCUT2D eigenvalue weighted by Crippen LogP contribution is 2.34. The number of hydrogen-bond acceptors (Lipinski definition) is 1. The average molecular weight is 204 g/mol. The van der Waals surface area contributed by atoms with Gasteiger partial charge in [-0.2, -0.15) is 0 Å². The maximum Gasteiger partial charge on any atom is 0.121 e. The number of halogens is 1. The Bertz CT molecular complexity index is 477. The predicted molar refractivity (Wildman–Crippen MR) is 57.5 cm³/mol. The van der Waals surface area contributed by atoms with Crippen LogP contribution in [0.25, 0.3) is 11.0 Å². The van der Waals surface area contributed by atoms with E-state index in [2.05, 4.69) is 4.98 Å². The summed E-state index contributed by atoms with van der Waals surface area (Å²) in [7, 11) is 0. The molecule has 1 aliphatic carbocycles. The number of imidazole rings is 1. The zero-order valence-corrected chi connectivity index (χ0v) is 8.44. The molecule has 0 spiro atoms. The van der Waals surface area contributed by atoms with Crippen molar-refractivity contribution in [2.45, 2.75) is 31.5 Å². The Labute approximate surface area is 87.7 Å². The van der Waals surface area contributed by atoms with E-state index in [9.17, 15) is 4.39 Å². The van der Waals surface area contributed by atoms with Gasteiger partial charge in [-0.05, 0) is 31.4 Å². The molecule has 1 aromatic carbocycles. The molecule has 1 heterocycles. The first-order chi connectivity index (χ1) is 7.36. The van der Waals surface area contributed by atoms with Crippen LogP contribution >= 0.6 is 0 Å². The first kappa shape index (κ1) is 8.89. The quantitative estimate of drug-likeness (QED) is 0.698. The summed E-state index contributed by atoms with van der Waals surface area (Å²) < 4.78 is 15.6. The number of aromatic nitrogens is 2. The summed E-state index contributed by atoms with van der Waals surface area (Å²) in [6.45, 7) is 0. The second-order valence-electron chi connectivity index (χ2n) is 4.15. The lowest BCUT2D eigenvalue weighted by Gasteiger charge is -2.15. The normalized spacial score (nSPS) is 26.2. The molecule has 0 saturated heterocycles. The molecule has 0 radical (unpaired) electrons. The van der Waals surface area contributed by atoms with Crippen LogP contribution in [-0.4, -0.2) is 15.7 Å². The van der Waals surface area contributed by atoms with E-state index in [4.69, 9.17) is 0 Å². The lowest BCUT2D eigenvalue weighted by molar-refractivity contribution is 0.267. The van der Waals surface area contributed by atoms with Crippen LogP contribution in [0.4, 0.5) is 4.39 Å². The molecule has 15 heavy (non-hydrogen) atoms. The summed E-state index contributed by atoms with van der Waals surface area (Å²) in [5.41, 5.74) is 2.00. The van der Waals surface area contributed by atoms with E-state index in [-0.39, 0.29) is 6.04 Å². The SMILES string of the molecule is F[C@@H]1CCC[C@H]1n1cnc2ccccc21. The molecule has 1 fully saturated rings. The van der Waals surface area contributed by atoms with E-state index in [0.717, 1.165) is 23.9 Å². The van der Waals surface area contributed by atoms with Crippen LogP contribution in [0.2, 0.25) is 0 Å². The number of nitrogens with zero attached hydrogens (tertiary/aromatic N) is 2. The van der Waals surface area contributed by atoms with Gasteiger partial charge in [0, 0.05) is 0 Å². The van der Waals surface area contributed by atoms with Crippen LogP contribution in [0.5, 0.6) is 0 Å². The molecule has 2 atom stereocenters. The highest BCUT2D eigenvalue weighted by Gasteiger charge is 2.29. The molecule has 3 heteroatoms. The van der Waals surface area contributed by atoms with Crippen LogP contribution in [0.3, 0.4) is 0 Å². The summed E-state index contributed by atoms with van der Waals surface area (Å²) in [6.07, 6.45) is 3.67. The number of hydrogen-bond donors (Lipinski definition) is 0. The first-order valence-corrected chi connectivity index (χ1v) is 5.42. The summed E-state index contributed by atoms with van der Waals surface area (Å²) in [5.74, 6) is 0. The maximum absolute atomic E-state index is 13.6. The molecular weight excluding hydrogens is 191 g/mol. The van der Waals surface area contributed by atoms with Crippen molar-refractivity contribution >= 4 is 11.0 Å². The molecule has 78 valence electrons. The minimum atomic E-state index is -0.706. The van der Waals surface area contributed by atoms with Crippen LogP contribution in [0.1, 0.15) is 25.3 Å². The summed E-state index contributed by atoms with van der Waals surface area (Å²) in [5, 5.41) is 0. The van der Waals surface area contributed by atoms with Crippen LogP contribution in [0, 0.1) is 0 Å². The smallest absolute Gasteiger partial charge is 0.121 e. The van der Waals surface area contributed by atoms with Crippen molar-refractivity contribution in [1.82, 2.24) is 9.55 Å². The number of fused-ring (bicyclic) bond motifs is 1. The topological polar surface area (TPSA) is 17.8 Å². The molecule has 0 aliphatic heterocycles. The zero-order valence-electron chi connectivity index (χ0n) is 8.44. The third kappa shape index (κ3) is 1.34. The van der Waals surface area contributed by atoms with E-state index in [1.54, 1.807) is 6.33 Å². The molecule has 2 nitrogen and oxygen atoms in total. The van der Waals surface area contributed by atoms with Gasteiger partial charge in [-0.1, -0.05) is 12.1 Å². The van der Waals surface area contributed by atoms with Gasteiger partial charge in [-0.3, -0.25) is 0 Å². The molecule has 1 aromatic heterocycles. The molecule has 0 N–H and O–H groups in total. The Morgan fingerprint density at radius 2 is 2.13 bits per heavy atom. The Balaban J connectivity index is 2.10. The average Bonchev–Trinajstić information content (AvgIpc) is 2.83. The first-order valence-electron chi connectivity index (χ1n) is 5.42. The Morgan fingerprint density at radius 3 is 2.93 bits per heavy atom. The fourth-order valence-electron chi connectivity index (χ4n) is 2.45. The Hall–Kier alpha value is -1.38. The van der Waals surface area contributed by atoms with Crippen LogP contribution < -0.4 is 0 Å². The van der Waals surface area contributed by atoms with Gasteiger partial charge in [0.2, 0.25) is 0 Å². The summed E-state index contributed by atoms with van der Waals surface area (Å²) >= 11 is 0. The van der Waals surface area contributed by atoms with Crippen LogP contribution in [0.15, 0.2) is 30.6 Å². The minimum absolute atomic E-state index is 0.00241. The fraction of sp³-hybridized carbons (Fsp3) is 0.417. The molecule has 2 aromatic rings. The Morgan fingerprint density at radius 1 is 1.27 bits per heavy atom. The number of alkyl halides is 1. The van der Waals surface area contributed by atoms with E-state index in [0.29, 0.717) is 6.42 Å². The predicted octanol–water partition coefficient (Wildman–Crippen LogP) is 3.10. The monoisotopic (exact) mass is 204 g/mol. The van der Waals surface area contributed by atoms with E-state index in [1.807, 2.05) is 28.8 Å². The molecule has 0 unspecified atom stereocenters. The standard InChI is InChI=1S/C12H13FN2/c13-9-4-3-7-11(9)15-8-14-10-5-1-2-6-12(10)15/h1-2,5-6,8-9,11H,3-4,7H2/t9-,11-/m1/s1. The lowest BCUT2D eigenvalue weighted by atomic mass is 10.2. The molecule has 3 rings (SSSR count). The summed E-state index contributed by atoms with van der Waals surface area (Å²) in [4.78, 5) is 4.29. The highest BCUT2D eigenvalue weighted by molar-refractivity contribution is 5.75. The van der Waals surface area contributed by atoms with Gasteiger partial charge in [0.1, 0.15) is 6.17 Å². The van der Waals surface area contributed by atoms with Crippen LogP contribution in [-0.2, 0) is 0 Å². The van der Waals surface area contributed by atoms with Gasteiger partial charge >= 0.3 is 0 Å². The highest BCUT2D eigenvalue weighted by atomic mass is 19.1. The molecule has 0 bridgehead atoms. The third-order valence-electron chi connectivity index (χ3n) is 3.24. The van der Waals surface area contributed by atoms with Gasteiger partial charge in [0.25, 0.3) is 0 Å². The van der Waals surface area contributed by atoms with Crippen molar-refractivity contribution < 1.29 is 4.39 Å². The van der Waals surface area contributed by atoms with Gasteiger partial charge in [0.05, 0.1) is 23.4 Å². The van der Waals surface area contributed by atoms with Crippen molar-refractivity contribution in [1.29, 1.82) is 0 Å². The second-order valence-corrected chi connectivity index (χ2v) is 4.15. The molecular formula is C12H13FN2. The van der Waals surface area contributed by atoms with E-state index in [1.165, 1.54) is 0 Å². The minimum Gasteiger partial charge on any atom is -0.325 e. The number of rotatable bonds is 1. The lowest BCUT2D eigenvalue weighted by Crippen LogP contribution is -2.13. The van der Waals surface area contributed by atoms with E-state index < -0.39 is 6.17 Å². The molecule has 0 amide bonds. The van der Waals surface area contributed by atoms with Gasteiger partial charge in [-0.25, -0.2) is 9.37 Å². The molecule has 1 saturated carbocycles. The fourth-order valence-corrected chi connectivity index (χ4v) is 2.45. The maximum atomic E-state index is 13.6. The zero-order chi connectivity index (χ0) is 10.3. The number of benzene rings is 1. The van der Waals surface area contributed by atoms with Crippen molar-refractivity contribution in [3.8, 4) is 0 Å². The van der Waals surface area contributed by atoms with Crippen molar-refractivity contribution in [3.63, 3.8) is 0 Å². The molecule has 1 aliphatic rings. The van der Waals surface area contributed by atoms with Gasteiger partial charge in [-0.15, -0.1) is 0 Å². The van der Waals surface area contributed by atoms with Gasteiger partial charge in [0.15, 0.2) is 0 Å². The van der Waals surface area contributed by atoms with E-state index >= 15 is 0 Å². The largest absolute Gasteiger partial charge is 0.325 e. The second kappa shape index (κ2) is 3.33. The van der Waals surface area contributed by atoms with Crippen molar-refractivity contribution in [2.24, 2.45) is 0 Å².